The van der Waals surface area contributed by atoms with Crippen LogP contribution in [0.3, 0.4) is 0 Å². The van der Waals surface area contributed by atoms with Crippen LogP contribution in [0.25, 0.3) is 0 Å². The first kappa shape index (κ1) is 16.5. The van der Waals surface area contributed by atoms with E-state index in [1.54, 1.807) is 37.3 Å². The van der Waals surface area contributed by atoms with Crippen molar-refractivity contribution in [1.82, 2.24) is 4.72 Å². The lowest BCUT2D eigenvalue weighted by atomic mass is 10.1. The molecule has 0 fully saturated rings. The molecule has 21 heavy (non-hydrogen) atoms. The van der Waals surface area contributed by atoms with Gasteiger partial charge in [0, 0.05) is 20.7 Å². The number of hydrogen-bond donors (Lipinski definition) is 2. The molecular weight excluding hydrogens is 420 g/mol. The van der Waals surface area contributed by atoms with Gasteiger partial charge in [0.2, 0.25) is 10.0 Å². The molecule has 2 aromatic carbocycles. The topological polar surface area (TPSA) is 72.2 Å². The van der Waals surface area contributed by atoms with Gasteiger partial charge in [-0.25, -0.2) is 13.1 Å². The summed E-state index contributed by atoms with van der Waals surface area (Å²) in [5.41, 5.74) is 7.18. The minimum absolute atomic E-state index is 0.179. The predicted octanol–water partition coefficient (Wildman–Crippen LogP) is 3.83. The van der Waals surface area contributed by atoms with Crippen LogP contribution in [0.2, 0.25) is 0 Å². The quantitative estimate of drug-likeness (QED) is 0.719. The number of hydrogen-bond acceptors (Lipinski definition) is 3. The van der Waals surface area contributed by atoms with Crippen molar-refractivity contribution in [1.29, 1.82) is 0 Å². The molecule has 0 bridgehead atoms. The second-order valence-electron chi connectivity index (χ2n) is 4.55. The highest BCUT2D eigenvalue weighted by Crippen LogP contribution is 2.28. The van der Waals surface area contributed by atoms with Crippen molar-refractivity contribution in [2.24, 2.45) is 0 Å². The summed E-state index contributed by atoms with van der Waals surface area (Å²) in [6.45, 7) is 1.76. The second kappa shape index (κ2) is 6.48. The van der Waals surface area contributed by atoms with Crippen LogP contribution in [0.1, 0.15) is 18.5 Å². The molecule has 2 aromatic rings. The Morgan fingerprint density at radius 2 is 1.81 bits per heavy atom. The Kier molecular flexibility index (Phi) is 5.08. The normalized spacial score (nSPS) is 13.1. The Balaban J connectivity index is 2.34. The maximum atomic E-state index is 12.5. The molecule has 0 saturated carbocycles. The Morgan fingerprint density at radius 1 is 1.14 bits per heavy atom. The van der Waals surface area contributed by atoms with Crippen molar-refractivity contribution in [3.8, 4) is 0 Å². The number of rotatable bonds is 4. The minimum atomic E-state index is -3.66. The molecule has 0 spiro atoms. The van der Waals surface area contributed by atoms with Crippen LogP contribution < -0.4 is 10.5 Å². The highest BCUT2D eigenvalue weighted by Gasteiger charge is 2.22. The van der Waals surface area contributed by atoms with E-state index in [-0.39, 0.29) is 4.90 Å². The van der Waals surface area contributed by atoms with Crippen molar-refractivity contribution < 1.29 is 8.42 Å². The summed E-state index contributed by atoms with van der Waals surface area (Å²) in [6.07, 6.45) is 0. The molecule has 3 N–H and O–H groups in total. The number of nitrogen functional groups attached to an aromatic ring is 1. The molecule has 112 valence electrons. The Bertz CT molecular complexity index is 763. The third-order valence-electron chi connectivity index (χ3n) is 2.98. The number of halogens is 2. The van der Waals surface area contributed by atoms with Gasteiger partial charge >= 0.3 is 0 Å². The summed E-state index contributed by atoms with van der Waals surface area (Å²) in [5.74, 6) is 0. The van der Waals surface area contributed by atoms with Crippen molar-refractivity contribution in [2.45, 2.75) is 17.9 Å². The fraction of sp³-hybridized carbons (Fsp3) is 0.143. The van der Waals surface area contributed by atoms with Gasteiger partial charge in [0.1, 0.15) is 0 Å². The van der Waals surface area contributed by atoms with Crippen LogP contribution in [0.15, 0.2) is 56.3 Å². The number of anilines is 1. The number of nitrogens with two attached hydrogens (primary N) is 1. The van der Waals surface area contributed by atoms with E-state index >= 15 is 0 Å². The van der Waals surface area contributed by atoms with Gasteiger partial charge in [-0.3, -0.25) is 0 Å². The lowest BCUT2D eigenvalue weighted by Gasteiger charge is -2.17. The van der Waals surface area contributed by atoms with E-state index in [1.165, 1.54) is 0 Å². The van der Waals surface area contributed by atoms with Crippen molar-refractivity contribution in [3.63, 3.8) is 0 Å². The predicted molar refractivity (Wildman–Crippen MR) is 91.4 cm³/mol. The van der Waals surface area contributed by atoms with Crippen LogP contribution in [-0.2, 0) is 10.0 Å². The largest absolute Gasteiger partial charge is 0.398 e. The van der Waals surface area contributed by atoms with E-state index in [1.807, 2.05) is 12.1 Å². The molecule has 0 saturated heterocycles. The van der Waals surface area contributed by atoms with E-state index in [2.05, 4.69) is 36.6 Å². The van der Waals surface area contributed by atoms with E-state index in [0.29, 0.717) is 14.6 Å². The monoisotopic (exact) mass is 432 g/mol. The highest BCUT2D eigenvalue weighted by molar-refractivity contribution is 9.11. The number of benzene rings is 2. The molecule has 0 radical (unpaired) electrons. The van der Waals surface area contributed by atoms with Crippen LogP contribution >= 0.6 is 31.9 Å². The summed E-state index contributed by atoms with van der Waals surface area (Å²) in [7, 11) is -3.66. The van der Waals surface area contributed by atoms with E-state index in [0.717, 1.165) is 5.56 Å². The van der Waals surface area contributed by atoms with E-state index in [9.17, 15) is 8.42 Å². The Labute approximate surface area is 141 Å². The van der Waals surface area contributed by atoms with E-state index in [4.69, 9.17) is 5.73 Å². The smallest absolute Gasteiger partial charge is 0.242 e. The van der Waals surface area contributed by atoms with Crippen molar-refractivity contribution in [2.75, 3.05) is 5.73 Å². The zero-order valence-corrected chi connectivity index (χ0v) is 15.2. The SMILES string of the molecule is CC(NS(=O)(=O)c1cc(Br)ccc1Br)c1ccccc1N. The van der Waals surface area contributed by atoms with Gasteiger partial charge in [-0.05, 0) is 52.7 Å². The molecule has 2 rings (SSSR count). The molecule has 0 aliphatic rings. The van der Waals surface area contributed by atoms with Crippen molar-refractivity contribution >= 4 is 47.6 Å². The average molecular weight is 434 g/mol. The third kappa shape index (κ3) is 3.85. The zero-order chi connectivity index (χ0) is 15.6. The molecule has 1 unspecified atom stereocenters. The van der Waals surface area contributed by atoms with Crippen LogP contribution in [0, 0.1) is 0 Å². The molecule has 7 heteroatoms. The van der Waals surface area contributed by atoms with Crippen molar-refractivity contribution in [3.05, 3.63) is 57.0 Å². The molecule has 0 aliphatic carbocycles. The van der Waals surface area contributed by atoms with Gasteiger partial charge in [0.05, 0.1) is 4.90 Å². The van der Waals surface area contributed by atoms with Gasteiger partial charge in [-0.1, -0.05) is 34.1 Å². The zero-order valence-electron chi connectivity index (χ0n) is 11.2. The molecular formula is C14H14Br2N2O2S. The average Bonchev–Trinajstić information content (AvgIpc) is 2.41. The molecule has 4 nitrogen and oxygen atoms in total. The summed E-state index contributed by atoms with van der Waals surface area (Å²) < 4.78 is 28.8. The van der Waals surface area contributed by atoms with Gasteiger partial charge in [0.15, 0.2) is 0 Å². The van der Waals surface area contributed by atoms with Gasteiger partial charge in [0.25, 0.3) is 0 Å². The molecule has 0 amide bonds. The summed E-state index contributed by atoms with van der Waals surface area (Å²) in [4.78, 5) is 0.179. The van der Waals surface area contributed by atoms with E-state index < -0.39 is 16.1 Å². The van der Waals surface area contributed by atoms with Gasteiger partial charge in [-0.2, -0.15) is 0 Å². The van der Waals surface area contributed by atoms with Crippen LogP contribution in [0.5, 0.6) is 0 Å². The third-order valence-corrected chi connectivity index (χ3v) is 6.01. The standard InChI is InChI=1S/C14H14Br2N2O2S/c1-9(11-4-2-3-5-13(11)17)18-21(19,20)14-8-10(15)6-7-12(14)16/h2-9,18H,17H2,1H3. The van der Waals surface area contributed by atoms with Gasteiger partial charge < -0.3 is 5.73 Å². The second-order valence-corrected chi connectivity index (χ2v) is 8.00. The first-order valence-electron chi connectivity index (χ1n) is 6.13. The lowest BCUT2D eigenvalue weighted by molar-refractivity contribution is 0.566. The first-order valence-corrected chi connectivity index (χ1v) is 9.20. The molecule has 0 aliphatic heterocycles. The van der Waals surface area contributed by atoms with Crippen LogP contribution in [0.4, 0.5) is 5.69 Å². The highest BCUT2D eigenvalue weighted by atomic mass is 79.9. The Morgan fingerprint density at radius 3 is 2.48 bits per heavy atom. The maximum Gasteiger partial charge on any atom is 0.242 e. The minimum Gasteiger partial charge on any atom is -0.398 e. The fourth-order valence-electron chi connectivity index (χ4n) is 1.95. The summed E-state index contributed by atoms with van der Waals surface area (Å²) >= 11 is 6.54. The number of nitrogens with one attached hydrogen (secondary N) is 1. The fourth-order valence-corrected chi connectivity index (χ4v) is 4.67. The number of sulfonamides is 1. The summed E-state index contributed by atoms with van der Waals surface area (Å²) in [6, 6.07) is 11.8. The maximum absolute atomic E-state index is 12.5. The van der Waals surface area contributed by atoms with Crippen LogP contribution in [-0.4, -0.2) is 8.42 Å². The number of para-hydroxylation sites is 1. The molecule has 1 atom stereocenters. The summed E-state index contributed by atoms with van der Waals surface area (Å²) in [5, 5.41) is 0. The van der Waals surface area contributed by atoms with Gasteiger partial charge in [-0.15, -0.1) is 0 Å². The first-order chi connectivity index (χ1) is 9.81. The molecule has 0 heterocycles. The Hall–Kier alpha value is -0.890. The molecule has 0 aromatic heterocycles. The lowest BCUT2D eigenvalue weighted by Crippen LogP contribution is -2.27.